The molecule has 0 fully saturated rings. The molecule has 101 heavy (non-hydrogen) atoms. The molecule has 0 unspecified atom stereocenters. The minimum absolute atomic E-state index is 0.00453. The van der Waals surface area contributed by atoms with E-state index >= 15 is 0 Å². The summed E-state index contributed by atoms with van der Waals surface area (Å²) in [7, 11) is 0. The van der Waals surface area contributed by atoms with E-state index in [4.69, 9.17) is 28.0 Å². The first-order chi connectivity index (χ1) is 47.7. The van der Waals surface area contributed by atoms with Gasteiger partial charge in [-0.25, -0.2) is 9.78 Å². The van der Waals surface area contributed by atoms with Crippen molar-refractivity contribution in [2.45, 2.75) is 224 Å². The molecule has 1 aliphatic heterocycles. The van der Waals surface area contributed by atoms with Gasteiger partial charge in [0, 0.05) is 43.5 Å². The van der Waals surface area contributed by atoms with E-state index in [0.717, 1.165) is 6.42 Å². The van der Waals surface area contributed by atoms with Gasteiger partial charge in [-0.2, -0.15) is 0 Å². The molecule has 0 spiro atoms. The number of carboxylic acids is 3. The van der Waals surface area contributed by atoms with Crippen LogP contribution in [0.1, 0.15) is 150 Å². The lowest BCUT2D eigenvalue weighted by molar-refractivity contribution is -0.142. The van der Waals surface area contributed by atoms with Gasteiger partial charge in [-0.3, -0.25) is 67.3 Å². The number of unbranched alkanes of at least 4 members (excludes halogenated alkanes) is 1. The fourth-order valence-corrected chi connectivity index (χ4v) is 11.7. The summed E-state index contributed by atoms with van der Waals surface area (Å²) in [5, 5.41) is 55.6. The molecule has 11 amide bonds. The molecule has 22 N–H and O–H groups in total. The summed E-state index contributed by atoms with van der Waals surface area (Å²) < 4.78 is 0. The number of carbonyl (C=O) groups excluding carboxylic acids is 11. The molecule has 562 valence electrons. The van der Waals surface area contributed by atoms with Crippen molar-refractivity contribution < 1.29 is 82.4 Å². The Morgan fingerprint density at radius 3 is 1.59 bits per heavy atom. The van der Waals surface area contributed by atoms with Crippen LogP contribution >= 0.6 is 11.8 Å². The topological polar surface area (TPSA) is 565 Å². The number of thioether (sulfide) groups is 1. The third-order valence-corrected chi connectivity index (χ3v) is 18.3. The number of carbonyl (C=O) groups is 14. The van der Waals surface area contributed by atoms with Gasteiger partial charge in [-0.1, -0.05) is 105 Å². The van der Waals surface area contributed by atoms with Crippen LogP contribution in [0.4, 0.5) is 0 Å². The second-order valence-electron chi connectivity index (χ2n) is 25.8. The van der Waals surface area contributed by atoms with Crippen molar-refractivity contribution in [2.75, 3.05) is 18.8 Å². The van der Waals surface area contributed by atoms with E-state index in [1.54, 1.807) is 71.9 Å². The highest BCUT2D eigenvalue weighted by atomic mass is 32.2. The monoisotopic (exact) mass is 1440 g/mol. The van der Waals surface area contributed by atoms with Crippen molar-refractivity contribution in [3.63, 3.8) is 0 Å². The number of hydrogen-bond donors (Lipinski definition) is 18. The van der Waals surface area contributed by atoms with E-state index in [9.17, 15) is 77.3 Å². The highest BCUT2D eigenvalue weighted by Gasteiger charge is 2.39. The number of imidazole rings is 1. The fourth-order valence-electron chi connectivity index (χ4n) is 10.5. The summed E-state index contributed by atoms with van der Waals surface area (Å²) in [6, 6.07) is -7.54. The number of amides is 11. The minimum atomic E-state index is -1.60. The van der Waals surface area contributed by atoms with Crippen LogP contribution in [0.15, 0.2) is 47.8 Å². The molecule has 1 aromatic carbocycles. The second kappa shape index (κ2) is 44.2. The summed E-state index contributed by atoms with van der Waals surface area (Å²) in [4.78, 5) is 200. The summed E-state index contributed by atoms with van der Waals surface area (Å²) in [5.74, 6) is -15.2. The van der Waals surface area contributed by atoms with Gasteiger partial charge in [0.25, 0.3) is 0 Å². The maximum atomic E-state index is 14.9. The molecule has 0 aliphatic carbocycles. The first-order valence-electron chi connectivity index (χ1n) is 34.1. The van der Waals surface area contributed by atoms with Crippen molar-refractivity contribution in [1.29, 1.82) is 0 Å². The molecule has 0 saturated heterocycles. The Kier molecular flexibility index (Phi) is 37.7. The van der Waals surface area contributed by atoms with Crippen molar-refractivity contribution in [1.82, 2.24) is 63.1 Å². The minimum Gasteiger partial charge on any atom is -0.481 e. The lowest BCUT2D eigenvalue weighted by Gasteiger charge is -2.30. The average molecular weight is 1440 g/mol. The van der Waals surface area contributed by atoms with Crippen molar-refractivity contribution in [2.24, 2.45) is 51.6 Å². The Morgan fingerprint density at radius 1 is 0.564 bits per heavy atom. The van der Waals surface area contributed by atoms with E-state index in [-0.39, 0.29) is 94.9 Å². The molecule has 34 nitrogen and oxygen atoms in total. The molecule has 3 rings (SSSR count). The zero-order chi connectivity index (χ0) is 75.6. The largest absolute Gasteiger partial charge is 0.481 e. The first kappa shape index (κ1) is 86.1. The molecule has 1 aliphatic rings. The molecule has 0 bridgehead atoms. The number of aromatic nitrogens is 2. The second-order valence-corrected chi connectivity index (χ2v) is 26.9. The Morgan fingerprint density at radius 2 is 1.08 bits per heavy atom. The van der Waals surface area contributed by atoms with Gasteiger partial charge >= 0.3 is 17.9 Å². The van der Waals surface area contributed by atoms with Crippen molar-refractivity contribution in [3.05, 3.63) is 54.1 Å². The third-order valence-electron chi connectivity index (χ3n) is 17.2. The average Bonchev–Trinajstić information content (AvgIpc) is 1.75. The van der Waals surface area contributed by atoms with Crippen LogP contribution in [0.3, 0.4) is 0 Å². The predicted molar refractivity (Wildman–Crippen MR) is 373 cm³/mol. The maximum absolute atomic E-state index is 14.9. The molecular weight excluding hydrogens is 1330 g/mol. The number of hydrogen-bond acceptors (Lipinski definition) is 20. The number of H-pyrrole nitrogens is 1. The zero-order valence-electron chi connectivity index (χ0n) is 58.7. The predicted octanol–water partition coefficient (Wildman–Crippen LogP) is -1.76. The van der Waals surface area contributed by atoms with Gasteiger partial charge in [0.1, 0.15) is 60.4 Å². The number of nitrogens with two attached hydrogens (primary N) is 4. The van der Waals surface area contributed by atoms with Gasteiger partial charge in [-0.15, -0.1) is 11.8 Å². The zero-order valence-corrected chi connectivity index (χ0v) is 59.5. The van der Waals surface area contributed by atoms with Crippen LogP contribution in [0, 0.1) is 23.7 Å². The lowest BCUT2D eigenvalue weighted by Crippen LogP contribution is -2.61. The number of aliphatic carboxylic acids is 3. The molecule has 1 aromatic heterocycles. The number of nitrogens with zero attached hydrogens (tertiary/aromatic N) is 2. The summed E-state index contributed by atoms with van der Waals surface area (Å²) >= 11 is 1.34. The van der Waals surface area contributed by atoms with E-state index in [2.05, 4.69) is 68.1 Å². The van der Waals surface area contributed by atoms with Gasteiger partial charge in [0.15, 0.2) is 0 Å². The van der Waals surface area contributed by atoms with Gasteiger partial charge in [0.2, 0.25) is 65.0 Å². The fraction of sp³-hybridized carbons (Fsp3) is 0.636. The van der Waals surface area contributed by atoms with Crippen LogP contribution in [0.2, 0.25) is 0 Å². The van der Waals surface area contributed by atoms with E-state index in [1.165, 1.54) is 24.3 Å². The summed E-state index contributed by atoms with van der Waals surface area (Å²) in [5.41, 5.74) is 24.4. The number of nitrogens with one attached hydrogen (secondary N) is 11. The molecule has 2 heterocycles. The van der Waals surface area contributed by atoms with Crippen molar-refractivity contribution in [3.8, 4) is 0 Å². The van der Waals surface area contributed by atoms with Gasteiger partial charge in [-0.05, 0) is 80.7 Å². The molecular formula is C66H105N17O17S. The maximum Gasteiger partial charge on any atom is 0.326 e. The molecule has 2 aromatic rings. The third kappa shape index (κ3) is 30.3. The number of benzene rings is 1. The quantitative estimate of drug-likeness (QED) is 0.0326. The first-order valence-corrected chi connectivity index (χ1v) is 35.1. The highest BCUT2D eigenvalue weighted by Crippen LogP contribution is 2.25. The highest BCUT2D eigenvalue weighted by molar-refractivity contribution is 8.14. The lowest BCUT2D eigenvalue weighted by atomic mass is 9.96. The van der Waals surface area contributed by atoms with E-state index in [1.807, 2.05) is 13.8 Å². The smallest absolute Gasteiger partial charge is 0.326 e. The SMILES string of the molecule is CC[C@H](C)[C@H](N)C1=N[C@H](C(=O)N[C@@H](CC(C)C)C(=O)N[C@H](CCC(=O)O)C(=O)N[C@H](C(=O)N[C@@H](CCCCNC(=O)[C@H](CC(N)=O)NC(=O)[C@H](N)CC(=O)O)C(=O)N[C@H](CCCN)C(=O)N[C@H](C(=O)N[C@H](Cc2ccccc2)C(=O)N[C@@H](Cc2cnc[nH]2)C(=O)O)[C@@H](C)CC)[C@@H](C)CC)CS1. The number of primary amides is 1. The normalized spacial score (nSPS) is 16.9. The van der Waals surface area contributed by atoms with Crippen molar-refractivity contribution >= 4 is 99.7 Å². The number of aliphatic imine (C=N–C) groups is 1. The Labute approximate surface area is 591 Å². The Balaban J connectivity index is 2.03. The number of aromatic amines is 1. The van der Waals surface area contributed by atoms with Gasteiger partial charge < -0.3 is 96.4 Å². The molecule has 15 atom stereocenters. The summed E-state index contributed by atoms with van der Waals surface area (Å²) in [6.07, 6.45) is 0.962. The van der Waals surface area contributed by atoms with Crippen LogP contribution < -0.4 is 76.1 Å². The molecule has 0 radical (unpaired) electrons. The summed E-state index contributed by atoms with van der Waals surface area (Å²) in [6.45, 7) is 14.1. The molecule has 35 heteroatoms. The number of rotatable bonds is 48. The Bertz CT molecular complexity index is 3140. The molecule has 0 saturated carbocycles. The van der Waals surface area contributed by atoms with Crippen LogP contribution in [-0.4, -0.2) is 205 Å². The van der Waals surface area contributed by atoms with Crippen LogP contribution in [0.5, 0.6) is 0 Å². The number of carboxylic acid groups (broad SMARTS) is 3. The van der Waals surface area contributed by atoms with Crippen LogP contribution in [-0.2, 0) is 80.0 Å². The van der Waals surface area contributed by atoms with E-state index < -0.39 is 193 Å². The Hall–Kier alpha value is -9.09. The van der Waals surface area contributed by atoms with Crippen LogP contribution in [0.25, 0.3) is 0 Å². The van der Waals surface area contributed by atoms with E-state index in [0.29, 0.717) is 16.3 Å². The standard InChI is InChI=1S/C66H105N17O17S/c1-9-35(6)52(70)65-81-48(32-101-65)62(96)78-44(26-34(4)5)60(94)75-43(22-23-50(85)86)59(93)83-53(36(7)10-2)63(97)76-41(20-15-16-25-72-56(90)46(30-49(69)84)77-55(89)40(68)29-51(87)88)57(91)74-42(21-17-24-67)58(92)82-54(37(8)11-3)64(98)79-45(27-38-18-13-12-14-19-38)61(95)80-47(66(99)100)28-39-31-71-33-73-39/h12-14,18-19,31,33-37,40-48,52-54H,9-11,15-17,20-30,32,67-68,70H2,1-8H3,(H2,69,84)(H,71,73)(H,72,90)(H,74,91)(H,75,94)(H,76,97)(H,77,89)(H,78,96)(H,79,98)(H,80,95)(H,82,92)(H,83,93)(H,85,86)(H,87,88)(H,99,100)/t35-,36-,37-,40+,41-,42+,43+,44-,45+,46-,47-,48-,52-,53-,54-/m0/s1. The van der Waals surface area contributed by atoms with Gasteiger partial charge in [0.05, 0.1) is 36.3 Å².